The Morgan fingerprint density at radius 1 is 1.25 bits per heavy atom. The summed E-state index contributed by atoms with van der Waals surface area (Å²) in [6.07, 6.45) is 6.35. The zero-order valence-electron chi connectivity index (χ0n) is 7.92. The van der Waals surface area contributed by atoms with Crippen LogP contribution in [-0.2, 0) is 4.74 Å². The van der Waals surface area contributed by atoms with Crippen LogP contribution < -0.4 is 0 Å². The molecule has 0 aromatic rings. The Morgan fingerprint density at radius 3 is 2.50 bits per heavy atom. The number of nitrogens with zero attached hydrogens (tertiary/aromatic N) is 1. The van der Waals surface area contributed by atoms with Crippen LogP contribution in [0.4, 0.5) is 0 Å². The van der Waals surface area contributed by atoms with Crippen molar-refractivity contribution < 1.29 is 4.74 Å². The van der Waals surface area contributed by atoms with E-state index in [4.69, 9.17) is 4.74 Å². The van der Waals surface area contributed by atoms with E-state index < -0.39 is 0 Å². The molecule has 0 aliphatic carbocycles. The van der Waals surface area contributed by atoms with Gasteiger partial charge in [-0.25, -0.2) is 0 Å². The molecule has 0 unspecified atom stereocenters. The maximum absolute atomic E-state index is 5.24. The smallest absolute Gasteiger partial charge is 0.0642 e. The predicted octanol–water partition coefficient (Wildman–Crippen LogP) is 1.80. The van der Waals surface area contributed by atoms with E-state index in [0.29, 0.717) is 0 Å². The quantitative estimate of drug-likeness (QED) is 0.581. The van der Waals surface area contributed by atoms with Crippen molar-refractivity contribution in [2.45, 2.75) is 13.8 Å². The topological polar surface area (TPSA) is 12.5 Å². The Balaban J connectivity index is 2.29. The van der Waals surface area contributed by atoms with Gasteiger partial charge in [-0.15, -0.1) is 0 Å². The second-order valence-corrected chi connectivity index (χ2v) is 3.23. The second-order valence-electron chi connectivity index (χ2n) is 3.23. The van der Waals surface area contributed by atoms with E-state index in [0.717, 1.165) is 26.3 Å². The first-order valence-electron chi connectivity index (χ1n) is 4.42. The molecule has 2 heteroatoms. The minimum atomic E-state index is 0.860. The van der Waals surface area contributed by atoms with Gasteiger partial charge < -0.3 is 9.64 Å². The van der Waals surface area contributed by atoms with Crippen LogP contribution >= 0.6 is 0 Å². The molecule has 0 amide bonds. The van der Waals surface area contributed by atoms with Crippen molar-refractivity contribution in [2.75, 3.05) is 26.3 Å². The first kappa shape index (κ1) is 9.33. The maximum atomic E-state index is 5.24. The van der Waals surface area contributed by atoms with E-state index in [1.54, 1.807) is 0 Å². The first-order valence-corrected chi connectivity index (χ1v) is 4.42. The Morgan fingerprint density at radius 2 is 1.92 bits per heavy atom. The highest BCUT2D eigenvalue weighted by atomic mass is 16.5. The Bertz CT molecular complexity index is 174. The minimum absolute atomic E-state index is 0.860. The van der Waals surface area contributed by atoms with Gasteiger partial charge in [0, 0.05) is 13.1 Å². The van der Waals surface area contributed by atoms with Gasteiger partial charge in [-0.1, -0.05) is 11.6 Å². The number of hydrogen-bond donors (Lipinski definition) is 0. The predicted molar refractivity (Wildman–Crippen MR) is 51.0 cm³/mol. The van der Waals surface area contributed by atoms with Crippen LogP contribution in [0.15, 0.2) is 23.9 Å². The van der Waals surface area contributed by atoms with Crippen molar-refractivity contribution in [1.82, 2.24) is 4.90 Å². The molecule has 1 aliphatic rings. The lowest BCUT2D eigenvalue weighted by molar-refractivity contribution is 0.0594. The molecule has 1 heterocycles. The Labute approximate surface area is 74.5 Å². The fourth-order valence-corrected chi connectivity index (χ4v) is 1.08. The van der Waals surface area contributed by atoms with E-state index >= 15 is 0 Å². The zero-order chi connectivity index (χ0) is 8.81. The molecule has 12 heavy (non-hydrogen) atoms. The highest BCUT2D eigenvalue weighted by Crippen LogP contribution is 1.98. The lowest BCUT2D eigenvalue weighted by atomic mass is 10.3. The fourth-order valence-electron chi connectivity index (χ4n) is 1.08. The van der Waals surface area contributed by atoms with Gasteiger partial charge in [-0.05, 0) is 26.1 Å². The van der Waals surface area contributed by atoms with Gasteiger partial charge >= 0.3 is 0 Å². The Kier molecular flexibility index (Phi) is 3.88. The van der Waals surface area contributed by atoms with E-state index in [1.807, 2.05) is 0 Å². The summed E-state index contributed by atoms with van der Waals surface area (Å²) in [5, 5.41) is 0. The number of ether oxygens (including phenoxy) is 1. The third kappa shape index (κ3) is 3.58. The van der Waals surface area contributed by atoms with E-state index in [2.05, 4.69) is 37.1 Å². The van der Waals surface area contributed by atoms with Crippen LogP contribution in [0.5, 0.6) is 0 Å². The summed E-state index contributed by atoms with van der Waals surface area (Å²) >= 11 is 0. The molecule has 0 aromatic heterocycles. The van der Waals surface area contributed by atoms with Crippen molar-refractivity contribution in [3.8, 4) is 0 Å². The third-order valence-electron chi connectivity index (χ3n) is 1.77. The van der Waals surface area contributed by atoms with Crippen molar-refractivity contribution in [3.05, 3.63) is 23.9 Å². The van der Waals surface area contributed by atoms with Gasteiger partial charge in [-0.3, -0.25) is 0 Å². The summed E-state index contributed by atoms with van der Waals surface area (Å²) in [5.41, 5.74) is 1.33. The van der Waals surface area contributed by atoms with E-state index in [1.165, 1.54) is 5.57 Å². The van der Waals surface area contributed by atoms with Crippen LogP contribution in [0, 0.1) is 0 Å². The lowest BCUT2D eigenvalue weighted by Crippen LogP contribution is -2.31. The number of morpholine rings is 1. The summed E-state index contributed by atoms with van der Waals surface area (Å²) in [4.78, 5) is 2.28. The van der Waals surface area contributed by atoms with Crippen molar-refractivity contribution in [2.24, 2.45) is 0 Å². The molecule has 68 valence electrons. The summed E-state index contributed by atoms with van der Waals surface area (Å²) < 4.78 is 5.24. The van der Waals surface area contributed by atoms with Crippen LogP contribution in [-0.4, -0.2) is 31.2 Å². The molecule has 2 nitrogen and oxygen atoms in total. The average molecular weight is 167 g/mol. The van der Waals surface area contributed by atoms with Gasteiger partial charge in [0.25, 0.3) is 0 Å². The third-order valence-corrected chi connectivity index (χ3v) is 1.77. The largest absolute Gasteiger partial charge is 0.378 e. The molecule has 1 rings (SSSR count). The van der Waals surface area contributed by atoms with Crippen LogP contribution in [0.3, 0.4) is 0 Å². The summed E-state index contributed by atoms with van der Waals surface area (Å²) in [7, 11) is 0. The molecule has 0 bridgehead atoms. The van der Waals surface area contributed by atoms with Crippen LogP contribution in [0.25, 0.3) is 0 Å². The normalized spacial score (nSPS) is 18.3. The lowest BCUT2D eigenvalue weighted by Gasteiger charge is -2.24. The number of allylic oxidation sites excluding steroid dienone is 3. The van der Waals surface area contributed by atoms with Crippen molar-refractivity contribution in [3.63, 3.8) is 0 Å². The molecule has 0 spiro atoms. The number of rotatable bonds is 2. The molecule has 0 N–H and O–H groups in total. The maximum Gasteiger partial charge on any atom is 0.0642 e. The molecule has 1 aliphatic heterocycles. The first-order chi connectivity index (χ1) is 5.79. The molecule has 1 fully saturated rings. The molecule has 0 saturated carbocycles. The summed E-state index contributed by atoms with van der Waals surface area (Å²) in [6.45, 7) is 7.96. The van der Waals surface area contributed by atoms with Crippen molar-refractivity contribution >= 4 is 0 Å². The van der Waals surface area contributed by atoms with E-state index in [-0.39, 0.29) is 0 Å². The highest BCUT2D eigenvalue weighted by molar-refractivity contribution is 5.07. The summed E-state index contributed by atoms with van der Waals surface area (Å²) in [6, 6.07) is 0. The van der Waals surface area contributed by atoms with Gasteiger partial charge in [0.1, 0.15) is 0 Å². The van der Waals surface area contributed by atoms with Crippen molar-refractivity contribution in [1.29, 1.82) is 0 Å². The summed E-state index contributed by atoms with van der Waals surface area (Å²) in [5.74, 6) is 0. The molecule has 1 saturated heterocycles. The van der Waals surface area contributed by atoms with Crippen LogP contribution in [0.1, 0.15) is 13.8 Å². The SMILES string of the molecule is CC(C)=C/C=C/N1CCOCC1. The Hall–Kier alpha value is -0.760. The average Bonchev–Trinajstić information content (AvgIpc) is 2.05. The highest BCUT2D eigenvalue weighted by Gasteiger charge is 2.03. The monoisotopic (exact) mass is 167 g/mol. The molecule has 0 atom stereocenters. The van der Waals surface area contributed by atoms with Gasteiger partial charge in [0.2, 0.25) is 0 Å². The molecular weight excluding hydrogens is 150 g/mol. The number of hydrogen-bond acceptors (Lipinski definition) is 2. The standard InChI is InChI=1S/C10H17NO/c1-10(2)4-3-5-11-6-8-12-9-7-11/h3-5H,6-9H2,1-2H3/b5-3+. The fraction of sp³-hybridized carbons (Fsp3) is 0.600. The van der Waals surface area contributed by atoms with E-state index in [9.17, 15) is 0 Å². The van der Waals surface area contributed by atoms with Gasteiger partial charge in [0.05, 0.1) is 13.2 Å². The zero-order valence-corrected chi connectivity index (χ0v) is 7.92. The van der Waals surface area contributed by atoms with Gasteiger partial charge in [-0.2, -0.15) is 0 Å². The molecule has 0 aromatic carbocycles. The molecule has 0 radical (unpaired) electrons. The molecular formula is C10H17NO. The van der Waals surface area contributed by atoms with Crippen LogP contribution in [0.2, 0.25) is 0 Å². The van der Waals surface area contributed by atoms with Gasteiger partial charge in [0.15, 0.2) is 0 Å². The second kappa shape index (κ2) is 4.99. The minimum Gasteiger partial charge on any atom is -0.378 e.